The fraction of sp³-hybridized carbons (Fsp3) is 0.357. The number of thioether (sulfide) groups is 1. The fourth-order valence-electron chi connectivity index (χ4n) is 1.59. The lowest BCUT2D eigenvalue weighted by molar-refractivity contribution is -0.116. The van der Waals surface area contributed by atoms with Gasteiger partial charge in [-0.05, 0) is 23.6 Å². The first-order valence-electron chi connectivity index (χ1n) is 6.53. The zero-order valence-electron chi connectivity index (χ0n) is 11.8. The van der Waals surface area contributed by atoms with Crippen LogP contribution in [0.4, 0.5) is 5.13 Å². The van der Waals surface area contributed by atoms with Gasteiger partial charge in [-0.3, -0.25) is 4.79 Å². The van der Waals surface area contributed by atoms with Crippen molar-refractivity contribution in [1.82, 2.24) is 10.2 Å². The molecule has 0 unspecified atom stereocenters. The van der Waals surface area contributed by atoms with E-state index < -0.39 is 0 Å². The van der Waals surface area contributed by atoms with Gasteiger partial charge in [0.25, 0.3) is 0 Å². The van der Waals surface area contributed by atoms with Gasteiger partial charge in [0.1, 0.15) is 0 Å². The van der Waals surface area contributed by atoms with E-state index in [4.69, 9.17) is 11.6 Å². The maximum atomic E-state index is 11.7. The third-order valence-electron chi connectivity index (χ3n) is 2.52. The summed E-state index contributed by atoms with van der Waals surface area (Å²) in [5.74, 6) is 1.11. The van der Waals surface area contributed by atoms with E-state index in [9.17, 15) is 4.79 Å². The number of hydrogen-bond donors (Lipinski definition) is 1. The second-order valence-electron chi connectivity index (χ2n) is 4.93. The Morgan fingerprint density at radius 1 is 1.33 bits per heavy atom. The van der Waals surface area contributed by atoms with Crippen molar-refractivity contribution in [2.24, 2.45) is 5.92 Å². The molecule has 21 heavy (non-hydrogen) atoms. The second-order valence-corrected chi connectivity index (χ2v) is 7.57. The van der Waals surface area contributed by atoms with Gasteiger partial charge < -0.3 is 5.32 Å². The Balaban J connectivity index is 1.85. The van der Waals surface area contributed by atoms with Gasteiger partial charge in [-0.1, -0.05) is 60.7 Å². The standard InChI is InChI=1S/C14H16ClN3OS2/c1-9(2)7-12(19)16-13-17-18-14(21-13)20-8-10-3-5-11(15)6-4-10/h3-6,9H,7-8H2,1-2H3,(H,16,17,19). The minimum atomic E-state index is -0.0181. The quantitative estimate of drug-likeness (QED) is 0.622. The van der Waals surface area contributed by atoms with Crippen LogP contribution in [0.5, 0.6) is 0 Å². The van der Waals surface area contributed by atoms with E-state index >= 15 is 0 Å². The van der Waals surface area contributed by atoms with Crippen LogP contribution in [0.1, 0.15) is 25.8 Å². The molecule has 1 N–H and O–H groups in total. The highest BCUT2D eigenvalue weighted by Gasteiger charge is 2.10. The van der Waals surface area contributed by atoms with Crippen molar-refractivity contribution in [3.63, 3.8) is 0 Å². The van der Waals surface area contributed by atoms with Crippen LogP contribution >= 0.6 is 34.7 Å². The summed E-state index contributed by atoms with van der Waals surface area (Å²) in [5, 5.41) is 12.1. The Bertz CT molecular complexity index is 599. The Morgan fingerprint density at radius 3 is 2.71 bits per heavy atom. The van der Waals surface area contributed by atoms with Gasteiger partial charge >= 0.3 is 0 Å². The van der Waals surface area contributed by atoms with Gasteiger partial charge in [0.15, 0.2) is 4.34 Å². The Labute approximate surface area is 137 Å². The molecule has 112 valence electrons. The third kappa shape index (κ3) is 5.65. The largest absolute Gasteiger partial charge is 0.300 e. The molecule has 0 bridgehead atoms. The summed E-state index contributed by atoms with van der Waals surface area (Å²) >= 11 is 8.83. The van der Waals surface area contributed by atoms with Crippen LogP contribution in [0.25, 0.3) is 0 Å². The Hall–Kier alpha value is -1.11. The summed E-state index contributed by atoms with van der Waals surface area (Å²) in [4.78, 5) is 11.7. The molecule has 0 atom stereocenters. The topological polar surface area (TPSA) is 54.9 Å². The van der Waals surface area contributed by atoms with E-state index in [-0.39, 0.29) is 5.91 Å². The van der Waals surface area contributed by atoms with Crippen molar-refractivity contribution in [2.45, 2.75) is 30.4 Å². The summed E-state index contributed by atoms with van der Waals surface area (Å²) < 4.78 is 0.838. The number of carbonyl (C=O) groups excluding carboxylic acids is 1. The molecular formula is C14H16ClN3OS2. The molecule has 2 aromatic rings. The van der Waals surface area contributed by atoms with Crippen molar-refractivity contribution in [3.05, 3.63) is 34.9 Å². The molecule has 1 heterocycles. The average molecular weight is 342 g/mol. The summed E-state index contributed by atoms with van der Waals surface area (Å²) in [6.45, 7) is 4.01. The number of amides is 1. The van der Waals surface area contributed by atoms with Crippen molar-refractivity contribution < 1.29 is 4.79 Å². The minimum absolute atomic E-state index is 0.0181. The SMILES string of the molecule is CC(C)CC(=O)Nc1nnc(SCc2ccc(Cl)cc2)s1. The maximum absolute atomic E-state index is 11.7. The van der Waals surface area contributed by atoms with Crippen LogP contribution in [-0.4, -0.2) is 16.1 Å². The summed E-state index contributed by atoms with van der Waals surface area (Å²) in [6.07, 6.45) is 0.493. The minimum Gasteiger partial charge on any atom is -0.300 e. The van der Waals surface area contributed by atoms with E-state index in [1.54, 1.807) is 11.8 Å². The molecule has 0 saturated carbocycles. The highest BCUT2D eigenvalue weighted by molar-refractivity contribution is 8.00. The highest BCUT2D eigenvalue weighted by atomic mass is 35.5. The average Bonchev–Trinajstić information content (AvgIpc) is 2.84. The Morgan fingerprint density at radius 2 is 2.05 bits per heavy atom. The molecule has 0 radical (unpaired) electrons. The third-order valence-corrected chi connectivity index (χ3v) is 4.82. The molecule has 4 nitrogen and oxygen atoms in total. The summed E-state index contributed by atoms with van der Waals surface area (Å²) in [5.41, 5.74) is 1.17. The molecule has 1 aromatic heterocycles. The molecule has 0 saturated heterocycles. The molecule has 7 heteroatoms. The van der Waals surface area contributed by atoms with Gasteiger partial charge in [0.2, 0.25) is 11.0 Å². The molecule has 0 aliphatic heterocycles. The number of hydrogen-bond acceptors (Lipinski definition) is 5. The highest BCUT2D eigenvalue weighted by Crippen LogP contribution is 2.28. The van der Waals surface area contributed by atoms with E-state index in [0.29, 0.717) is 17.5 Å². The maximum Gasteiger partial charge on any atom is 0.226 e. The molecule has 1 amide bonds. The van der Waals surface area contributed by atoms with Crippen molar-refractivity contribution in [1.29, 1.82) is 0 Å². The van der Waals surface area contributed by atoms with Crippen LogP contribution in [0.3, 0.4) is 0 Å². The molecule has 0 fully saturated rings. The van der Waals surface area contributed by atoms with Gasteiger partial charge in [-0.25, -0.2) is 0 Å². The lowest BCUT2D eigenvalue weighted by atomic mass is 10.1. The fourth-order valence-corrected chi connectivity index (χ4v) is 3.44. The number of halogens is 1. The van der Waals surface area contributed by atoms with E-state index in [1.165, 1.54) is 16.9 Å². The van der Waals surface area contributed by atoms with E-state index in [2.05, 4.69) is 15.5 Å². The molecule has 1 aromatic carbocycles. The predicted molar refractivity (Wildman–Crippen MR) is 89.0 cm³/mol. The van der Waals surface area contributed by atoms with Crippen LogP contribution in [0.15, 0.2) is 28.6 Å². The molecule has 0 aliphatic carbocycles. The van der Waals surface area contributed by atoms with Crippen molar-refractivity contribution >= 4 is 45.7 Å². The number of anilines is 1. The van der Waals surface area contributed by atoms with Gasteiger partial charge in [-0.15, -0.1) is 10.2 Å². The van der Waals surface area contributed by atoms with E-state index in [1.807, 2.05) is 38.1 Å². The molecular weight excluding hydrogens is 326 g/mol. The number of nitrogens with zero attached hydrogens (tertiary/aromatic N) is 2. The monoisotopic (exact) mass is 341 g/mol. The first-order valence-corrected chi connectivity index (χ1v) is 8.71. The van der Waals surface area contributed by atoms with Crippen molar-refractivity contribution in [2.75, 3.05) is 5.32 Å². The number of rotatable bonds is 6. The second kappa shape index (κ2) is 7.77. The molecule has 0 aliphatic rings. The smallest absolute Gasteiger partial charge is 0.226 e. The summed E-state index contributed by atoms with van der Waals surface area (Å²) in [7, 11) is 0. The first kappa shape index (κ1) is 16.3. The first-order chi connectivity index (χ1) is 10.0. The van der Waals surface area contributed by atoms with Gasteiger partial charge in [0.05, 0.1) is 0 Å². The number of benzene rings is 1. The molecule has 2 rings (SSSR count). The predicted octanol–water partition coefficient (Wildman–Crippen LogP) is 4.47. The number of nitrogens with one attached hydrogen (secondary N) is 1. The normalized spacial score (nSPS) is 10.9. The van der Waals surface area contributed by atoms with Gasteiger partial charge in [-0.2, -0.15) is 0 Å². The van der Waals surface area contributed by atoms with E-state index in [0.717, 1.165) is 15.1 Å². The van der Waals surface area contributed by atoms with Crippen LogP contribution < -0.4 is 5.32 Å². The van der Waals surface area contributed by atoms with Crippen LogP contribution in [0, 0.1) is 5.92 Å². The lowest BCUT2D eigenvalue weighted by Crippen LogP contribution is -2.13. The van der Waals surface area contributed by atoms with Crippen molar-refractivity contribution in [3.8, 4) is 0 Å². The summed E-state index contributed by atoms with van der Waals surface area (Å²) in [6, 6.07) is 7.72. The zero-order valence-corrected chi connectivity index (χ0v) is 14.2. The molecule has 0 spiro atoms. The number of aromatic nitrogens is 2. The Kier molecular flexibility index (Phi) is 6.02. The van der Waals surface area contributed by atoms with Gasteiger partial charge in [0, 0.05) is 17.2 Å². The number of carbonyl (C=O) groups is 1. The van der Waals surface area contributed by atoms with Crippen LogP contribution in [0.2, 0.25) is 5.02 Å². The van der Waals surface area contributed by atoms with Crippen LogP contribution in [-0.2, 0) is 10.5 Å². The lowest BCUT2D eigenvalue weighted by Gasteiger charge is -2.02. The zero-order chi connectivity index (χ0) is 15.2.